The molecular formula is C24H24F2N2O2. The summed E-state index contributed by atoms with van der Waals surface area (Å²) in [5.41, 5.74) is 2.64. The molecule has 2 aromatic rings. The standard InChI is InChI=1S/C24H24F2N2O2/c1-13(2)24(30)28-20-7-5-4-6-18(20)27-19-8-14(3)9-21(29)22(19)23(28)15-10-16(25)12-17(26)11-15/h4-7,10-14,23,27H,8-9H2,1-3H3/t14-,23+/m1/s1. The minimum Gasteiger partial charge on any atom is -0.357 e. The molecule has 0 saturated carbocycles. The molecule has 1 aliphatic carbocycles. The van der Waals surface area contributed by atoms with E-state index < -0.39 is 17.7 Å². The number of amides is 1. The second kappa shape index (κ2) is 7.67. The smallest absolute Gasteiger partial charge is 0.230 e. The average molecular weight is 410 g/mol. The van der Waals surface area contributed by atoms with Crippen molar-refractivity contribution in [2.24, 2.45) is 11.8 Å². The van der Waals surface area contributed by atoms with Crippen molar-refractivity contribution in [3.63, 3.8) is 0 Å². The lowest BCUT2D eigenvalue weighted by Crippen LogP contribution is -2.40. The van der Waals surface area contributed by atoms with Gasteiger partial charge in [-0.25, -0.2) is 8.78 Å². The fraction of sp³-hybridized carbons (Fsp3) is 0.333. The van der Waals surface area contributed by atoms with Crippen LogP contribution in [-0.4, -0.2) is 11.7 Å². The van der Waals surface area contributed by atoms with Crippen molar-refractivity contribution < 1.29 is 18.4 Å². The van der Waals surface area contributed by atoms with Crippen molar-refractivity contribution >= 4 is 23.1 Å². The van der Waals surface area contributed by atoms with Gasteiger partial charge < -0.3 is 5.32 Å². The van der Waals surface area contributed by atoms with Gasteiger partial charge in [0.05, 0.1) is 17.4 Å². The minimum atomic E-state index is -0.906. The Balaban J connectivity index is 2.04. The van der Waals surface area contributed by atoms with Gasteiger partial charge >= 0.3 is 0 Å². The quantitative estimate of drug-likeness (QED) is 0.724. The van der Waals surface area contributed by atoms with Gasteiger partial charge in [-0.2, -0.15) is 0 Å². The number of carbonyl (C=O) groups is 2. The lowest BCUT2D eigenvalue weighted by Gasteiger charge is -2.35. The van der Waals surface area contributed by atoms with Crippen molar-refractivity contribution in [2.75, 3.05) is 10.2 Å². The summed E-state index contributed by atoms with van der Waals surface area (Å²) in [5, 5.41) is 3.35. The highest BCUT2D eigenvalue weighted by molar-refractivity contribution is 6.06. The van der Waals surface area contributed by atoms with Crippen LogP contribution in [0.2, 0.25) is 0 Å². The van der Waals surface area contributed by atoms with E-state index >= 15 is 0 Å². The molecule has 2 aromatic carbocycles. The highest BCUT2D eigenvalue weighted by atomic mass is 19.1. The van der Waals surface area contributed by atoms with Crippen LogP contribution >= 0.6 is 0 Å². The minimum absolute atomic E-state index is 0.111. The summed E-state index contributed by atoms with van der Waals surface area (Å²) in [6.45, 7) is 5.53. The lowest BCUT2D eigenvalue weighted by molar-refractivity contribution is -0.121. The van der Waals surface area contributed by atoms with Gasteiger partial charge in [-0.05, 0) is 42.2 Å². The average Bonchev–Trinajstić information content (AvgIpc) is 2.80. The molecule has 156 valence electrons. The Labute approximate surface area is 174 Å². The van der Waals surface area contributed by atoms with E-state index in [1.165, 1.54) is 17.0 Å². The van der Waals surface area contributed by atoms with E-state index in [2.05, 4.69) is 5.32 Å². The molecule has 1 amide bonds. The number of benzene rings is 2. The van der Waals surface area contributed by atoms with Gasteiger partial charge in [0.2, 0.25) is 5.91 Å². The SMILES string of the molecule is CC(C)C(=O)N1c2ccccc2NC2=C(C(=O)C[C@H](C)C2)[C@@H]1c1cc(F)cc(F)c1. The summed E-state index contributed by atoms with van der Waals surface area (Å²) in [6.07, 6.45) is 0.947. The number of anilines is 2. The molecule has 0 radical (unpaired) electrons. The first-order valence-corrected chi connectivity index (χ1v) is 10.2. The lowest BCUT2D eigenvalue weighted by atomic mass is 9.81. The van der Waals surface area contributed by atoms with Crippen molar-refractivity contribution in [1.82, 2.24) is 0 Å². The summed E-state index contributed by atoms with van der Waals surface area (Å²) in [4.78, 5) is 28.1. The Morgan fingerprint density at radius 1 is 1.10 bits per heavy atom. The third-order valence-corrected chi connectivity index (χ3v) is 5.62. The van der Waals surface area contributed by atoms with Gasteiger partial charge in [0.25, 0.3) is 0 Å². The maximum Gasteiger partial charge on any atom is 0.230 e. The molecule has 0 bridgehead atoms. The summed E-state index contributed by atoms with van der Waals surface area (Å²) in [7, 11) is 0. The molecule has 0 aromatic heterocycles. The number of fused-ring (bicyclic) bond motifs is 1. The van der Waals surface area contributed by atoms with E-state index in [4.69, 9.17) is 0 Å². The molecule has 1 aliphatic heterocycles. The number of Topliss-reactive ketones (excluding diaryl/α,β-unsaturated/α-hetero) is 1. The molecular weight excluding hydrogens is 386 g/mol. The molecule has 1 N–H and O–H groups in total. The largest absolute Gasteiger partial charge is 0.357 e. The second-order valence-corrected chi connectivity index (χ2v) is 8.44. The number of ketones is 1. The molecule has 30 heavy (non-hydrogen) atoms. The molecule has 0 unspecified atom stereocenters. The summed E-state index contributed by atoms with van der Waals surface area (Å²) in [5.74, 6) is -2.07. The molecule has 4 rings (SSSR count). The third-order valence-electron chi connectivity index (χ3n) is 5.62. The molecule has 2 aliphatic rings. The molecule has 4 nitrogen and oxygen atoms in total. The van der Waals surface area contributed by atoms with Crippen molar-refractivity contribution in [2.45, 2.75) is 39.7 Å². The van der Waals surface area contributed by atoms with Gasteiger partial charge in [0.15, 0.2) is 5.78 Å². The zero-order valence-corrected chi connectivity index (χ0v) is 17.2. The van der Waals surface area contributed by atoms with Crippen LogP contribution in [0.15, 0.2) is 53.7 Å². The van der Waals surface area contributed by atoms with E-state index in [9.17, 15) is 18.4 Å². The van der Waals surface area contributed by atoms with Crippen LogP contribution in [-0.2, 0) is 9.59 Å². The Kier molecular flexibility index (Phi) is 5.18. The Morgan fingerprint density at radius 2 is 1.77 bits per heavy atom. The predicted molar refractivity (Wildman–Crippen MR) is 112 cm³/mol. The number of halogens is 2. The number of nitrogens with zero attached hydrogens (tertiary/aromatic N) is 1. The molecule has 0 fully saturated rings. The number of para-hydroxylation sites is 2. The van der Waals surface area contributed by atoms with Gasteiger partial charge in [0, 0.05) is 29.7 Å². The molecule has 0 saturated heterocycles. The molecule has 6 heteroatoms. The van der Waals surface area contributed by atoms with Crippen LogP contribution in [0.3, 0.4) is 0 Å². The first kappa shape index (κ1) is 20.3. The molecule has 2 atom stereocenters. The van der Waals surface area contributed by atoms with Gasteiger partial charge in [-0.3, -0.25) is 14.5 Å². The highest BCUT2D eigenvalue weighted by Crippen LogP contribution is 2.46. The Morgan fingerprint density at radius 3 is 2.43 bits per heavy atom. The van der Waals surface area contributed by atoms with Crippen molar-refractivity contribution in [1.29, 1.82) is 0 Å². The van der Waals surface area contributed by atoms with Gasteiger partial charge in [-0.15, -0.1) is 0 Å². The van der Waals surface area contributed by atoms with E-state index in [1.807, 2.05) is 19.1 Å². The maximum atomic E-state index is 14.2. The van der Waals surface area contributed by atoms with Gasteiger partial charge in [-0.1, -0.05) is 32.9 Å². The zero-order chi connectivity index (χ0) is 21.6. The van der Waals surface area contributed by atoms with Crippen LogP contribution in [0.25, 0.3) is 0 Å². The summed E-state index contributed by atoms with van der Waals surface area (Å²) < 4.78 is 28.4. The fourth-order valence-electron chi connectivity index (χ4n) is 4.35. The number of rotatable bonds is 2. The monoisotopic (exact) mass is 410 g/mol. The Hall–Kier alpha value is -3.02. The van der Waals surface area contributed by atoms with E-state index in [0.717, 1.165) is 6.07 Å². The summed E-state index contributed by atoms with van der Waals surface area (Å²) in [6, 6.07) is 9.59. The third kappa shape index (κ3) is 3.51. The number of nitrogens with one attached hydrogen (secondary N) is 1. The van der Waals surface area contributed by atoms with E-state index in [0.29, 0.717) is 35.5 Å². The number of carbonyl (C=O) groups excluding carboxylic acids is 2. The Bertz CT molecular complexity index is 1040. The van der Waals surface area contributed by atoms with Crippen LogP contribution in [0.4, 0.5) is 20.2 Å². The highest BCUT2D eigenvalue weighted by Gasteiger charge is 2.41. The zero-order valence-electron chi connectivity index (χ0n) is 17.2. The topological polar surface area (TPSA) is 49.4 Å². The number of allylic oxidation sites excluding steroid dienone is 1. The van der Waals surface area contributed by atoms with Crippen LogP contribution in [0, 0.1) is 23.5 Å². The summed E-state index contributed by atoms with van der Waals surface area (Å²) >= 11 is 0. The van der Waals surface area contributed by atoms with Crippen molar-refractivity contribution in [3.05, 3.63) is 70.9 Å². The van der Waals surface area contributed by atoms with Crippen molar-refractivity contribution in [3.8, 4) is 0 Å². The second-order valence-electron chi connectivity index (χ2n) is 8.44. The predicted octanol–water partition coefficient (Wildman–Crippen LogP) is 5.37. The first-order valence-electron chi connectivity index (χ1n) is 10.2. The van der Waals surface area contributed by atoms with Crippen LogP contribution in [0.1, 0.15) is 45.2 Å². The normalized spacial score (nSPS) is 21.1. The van der Waals surface area contributed by atoms with E-state index in [-0.39, 0.29) is 29.1 Å². The maximum absolute atomic E-state index is 14.2. The first-order chi connectivity index (χ1) is 14.3. The van der Waals surface area contributed by atoms with Crippen LogP contribution < -0.4 is 10.2 Å². The number of hydrogen-bond acceptors (Lipinski definition) is 3. The van der Waals surface area contributed by atoms with Crippen LogP contribution in [0.5, 0.6) is 0 Å². The van der Waals surface area contributed by atoms with E-state index in [1.54, 1.807) is 26.0 Å². The number of hydrogen-bond donors (Lipinski definition) is 1. The van der Waals surface area contributed by atoms with Gasteiger partial charge in [0.1, 0.15) is 11.6 Å². The molecule has 0 spiro atoms. The molecule has 1 heterocycles. The fourth-order valence-corrected chi connectivity index (χ4v) is 4.35.